The van der Waals surface area contributed by atoms with Crippen LogP contribution in [0.15, 0.2) is 30.3 Å². The van der Waals surface area contributed by atoms with Crippen molar-refractivity contribution in [3.8, 4) is 0 Å². The summed E-state index contributed by atoms with van der Waals surface area (Å²) in [5, 5.41) is 0. The van der Waals surface area contributed by atoms with E-state index in [1.165, 1.54) is 6.08 Å². The van der Waals surface area contributed by atoms with E-state index >= 15 is 0 Å². The van der Waals surface area contributed by atoms with Gasteiger partial charge >= 0.3 is 0 Å². The topological polar surface area (TPSA) is 12.9 Å². The number of halogens is 3. The Morgan fingerprint density at radius 3 is 2.39 bits per heavy atom. The predicted molar refractivity (Wildman–Crippen MR) is 64.2 cm³/mol. The Bertz CT molecular complexity index is 606. The largest absolute Gasteiger partial charge is 0.254 e. The molecule has 92 valence electrons. The highest BCUT2D eigenvalue weighted by Gasteiger charge is 2.07. The molecule has 1 nitrogen and oxygen atoms in total. The van der Waals surface area contributed by atoms with E-state index in [1.54, 1.807) is 12.1 Å². The van der Waals surface area contributed by atoms with E-state index in [0.29, 0.717) is 11.8 Å². The fourth-order valence-electron chi connectivity index (χ4n) is 1.50. The summed E-state index contributed by atoms with van der Waals surface area (Å²) in [7, 11) is 0. The average Bonchev–Trinajstić information content (AvgIpc) is 2.32. The van der Waals surface area contributed by atoms with Gasteiger partial charge in [-0.3, -0.25) is 4.98 Å². The molecule has 0 saturated carbocycles. The highest BCUT2D eigenvalue weighted by atomic mass is 19.2. The lowest BCUT2D eigenvalue weighted by molar-refractivity contribution is 0.494. The Morgan fingerprint density at radius 1 is 0.944 bits per heavy atom. The Balaban J connectivity index is 2.32. The van der Waals surface area contributed by atoms with E-state index in [2.05, 4.69) is 4.98 Å². The highest BCUT2D eigenvalue weighted by Crippen LogP contribution is 2.16. The zero-order chi connectivity index (χ0) is 13.1. The van der Waals surface area contributed by atoms with Crippen LogP contribution in [0, 0.1) is 24.4 Å². The second-order valence-electron chi connectivity index (χ2n) is 3.82. The zero-order valence-electron chi connectivity index (χ0n) is 9.62. The van der Waals surface area contributed by atoms with Crippen LogP contribution in [0.3, 0.4) is 0 Å². The maximum absolute atomic E-state index is 13.3. The second-order valence-corrected chi connectivity index (χ2v) is 3.82. The molecule has 0 N–H and O–H groups in total. The van der Waals surface area contributed by atoms with Gasteiger partial charge in [0.05, 0.1) is 5.69 Å². The van der Waals surface area contributed by atoms with Gasteiger partial charge in [-0.1, -0.05) is 6.07 Å². The average molecular weight is 249 g/mol. The van der Waals surface area contributed by atoms with E-state index in [4.69, 9.17) is 0 Å². The third kappa shape index (κ3) is 2.77. The van der Waals surface area contributed by atoms with Crippen LogP contribution in [0.1, 0.15) is 17.0 Å². The lowest BCUT2D eigenvalue weighted by Gasteiger charge is -1.99. The van der Waals surface area contributed by atoms with Crippen molar-refractivity contribution in [2.75, 3.05) is 0 Å². The van der Waals surface area contributed by atoms with Crippen molar-refractivity contribution in [2.24, 2.45) is 0 Å². The molecule has 0 bridgehead atoms. The van der Waals surface area contributed by atoms with E-state index < -0.39 is 17.5 Å². The number of aryl methyl sites for hydroxylation is 1. The molecule has 0 aliphatic rings. The molecule has 0 aliphatic carbocycles. The molecule has 0 radical (unpaired) electrons. The number of hydrogen-bond donors (Lipinski definition) is 0. The van der Waals surface area contributed by atoms with Gasteiger partial charge in [0.1, 0.15) is 5.82 Å². The molecule has 18 heavy (non-hydrogen) atoms. The Labute approximate surface area is 103 Å². The van der Waals surface area contributed by atoms with Gasteiger partial charge in [-0.2, -0.15) is 0 Å². The van der Waals surface area contributed by atoms with Crippen molar-refractivity contribution in [2.45, 2.75) is 6.92 Å². The first-order valence-electron chi connectivity index (χ1n) is 5.32. The van der Waals surface area contributed by atoms with Crippen molar-refractivity contribution in [3.05, 3.63) is 64.7 Å². The standard InChI is InChI=1S/C14H10F3N/c1-9-3-2-4-11(18-9)6-5-10-7-13(16)14(17)8-12(10)15/h2-8H,1H3. The van der Waals surface area contributed by atoms with E-state index in [-0.39, 0.29) is 5.56 Å². The van der Waals surface area contributed by atoms with Crippen molar-refractivity contribution in [1.29, 1.82) is 0 Å². The lowest BCUT2D eigenvalue weighted by Crippen LogP contribution is -1.90. The third-order valence-corrected chi connectivity index (χ3v) is 2.38. The molecule has 1 aromatic carbocycles. The molecule has 4 heteroatoms. The van der Waals surface area contributed by atoms with Crippen LogP contribution in [0.25, 0.3) is 12.2 Å². The number of hydrogen-bond acceptors (Lipinski definition) is 1. The molecule has 0 fully saturated rings. The van der Waals surface area contributed by atoms with Gasteiger partial charge in [0.15, 0.2) is 11.6 Å². The molecule has 0 atom stereocenters. The van der Waals surface area contributed by atoms with Crippen molar-refractivity contribution < 1.29 is 13.2 Å². The normalized spacial score (nSPS) is 11.1. The molecule has 0 unspecified atom stereocenters. The molecular formula is C14H10F3N. The number of rotatable bonds is 2. The van der Waals surface area contributed by atoms with Gasteiger partial charge in [0.2, 0.25) is 0 Å². The summed E-state index contributed by atoms with van der Waals surface area (Å²) in [4.78, 5) is 4.18. The van der Waals surface area contributed by atoms with E-state index in [0.717, 1.165) is 11.8 Å². The fourth-order valence-corrected chi connectivity index (χ4v) is 1.50. The van der Waals surface area contributed by atoms with Crippen LogP contribution < -0.4 is 0 Å². The number of nitrogens with zero attached hydrogens (tertiary/aromatic N) is 1. The first-order valence-corrected chi connectivity index (χ1v) is 5.32. The molecule has 1 heterocycles. The molecule has 0 saturated heterocycles. The third-order valence-electron chi connectivity index (χ3n) is 2.38. The van der Waals surface area contributed by atoms with E-state index in [1.807, 2.05) is 19.1 Å². The predicted octanol–water partition coefficient (Wildman–Crippen LogP) is 3.98. The Hall–Kier alpha value is -2.10. The summed E-state index contributed by atoms with van der Waals surface area (Å²) in [5.41, 5.74) is 1.43. The summed E-state index contributed by atoms with van der Waals surface area (Å²) in [5.74, 6) is -3.08. The van der Waals surface area contributed by atoms with Crippen LogP contribution in [0.4, 0.5) is 13.2 Å². The molecule has 2 rings (SSSR count). The SMILES string of the molecule is Cc1cccc(C=Cc2cc(F)c(F)cc2F)n1. The smallest absolute Gasteiger partial charge is 0.161 e. The van der Waals surface area contributed by atoms with Gasteiger partial charge in [-0.05, 0) is 37.3 Å². The fraction of sp³-hybridized carbons (Fsp3) is 0.0714. The Kier molecular flexibility index (Phi) is 3.46. The van der Waals surface area contributed by atoms with Crippen molar-refractivity contribution in [1.82, 2.24) is 4.98 Å². The first kappa shape index (κ1) is 12.4. The number of aromatic nitrogens is 1. The van der Waals surface area contributed by atoms with Gasteiger partial charge in [-0.15, -0.1) is 0 Å². The molecule has 0 spiro atoms. The minimum Gasteiger partial charge on any atom is -0.254 e. The summed E-state index contributed by atoms with van der Waals surface area (Å²) >= 11 is 0. The monoisotopic (exact) mass is 249 g/mol. The molecule has 0 aliphatic heterocycles. The quantitative estimate of drug-likeness (QED) is 0.734. The zero-order valence-corrected chi connectivity index (χ0v) is 9.62. The molecule has 1 aromatic heterocycles. The van der Waals surface area contributed by atoms with Crippen LogP contribution >= 0.6 is 0 Å². The summed E-state index contributed by atoms with van der Waals surface area (Å²) in [6.07, 6.45) is 2.91. The van der Waals surface area contributed by atoms with Gasteiger partial charge in [0.25, 0.3) is 0 Å². The first-order chi connectivity index (χ1) is 8.56. The van der Waals surface area contributed by atoms with E-state index in [9.17, 15) is 13.2 Å². The van der Waals surface area contributed by atoms with Gasteiger partial charge < -0.3 is 0 Å². The minimum absolute atomic E-state index is 0.0165. The molecular weight excluding hydrogens is 239 g/mol. The van der Waals surface area contributed by atoms with Crippen LogP contribution in [0.2, 0.25) is 0 Å². The summed E-state index contributed by atoms with van der Waals surface area (Å²) in [6, 6.07) is 6.72. The summed E-state index contributed by atoms with van der Waals surface area (Å²) in [6.45, 7) is 1.83. The van der Waals surface area contributed by atoms with Gasteiger partial charge in [-0.25, -0.2) is 13.2 Å². The maximum atomic E-state index is 13.3. The van der Waals surface area contributed by atoms with Crippen molar-refractivity contribution in [3.63, 3.8) is 0 Å². The Morgan fingerprint density at radius 2 is 1.67 bits per heavy atom. The number of benzene rings is 1. The molecule has 0 amide bonds. The number of pyridine rings is 1. The van der Waals surface area contributed by atoms with Crippen molar-refractivity contribution >= 4 is 12.2 Å². The van der Waals surface area contributed by atoms with Crippen LogP contribution in [-0.2, 0) is 0 Å². The van der Waals surface area contributed by atoms with Crippen LogP contribution in [0.5, 0.6) is 0 Å². The van der Waals surface area contributed by atoms with Gasteiger partial charge in [0, 0.05) is 17.3 Å². The summed E-state index contributed by atoms with van der Waals surface area (Å²) < 4.78 is 39.0. The minimum atomic E-state index is -1.20. The maximum Gasteiger partial charge on any atom is 0.161 e. The van der Waals surface area contributed by atoms with Crippen LogP contribution in [-0.4, -0.2) is 4.98 Å². The second kappa shape index (κ2) is 5.04. The lowest BCUT2D eigenvalue weighted by atomic mass is 10.1. The molecule has 2 aromatic rings. The highest BCUT2D eigenvalue weighted by molar-refractivity contribution is 5.68.